The van der Waals surface area contributed by atoms with E-state index in [0.717, 1.165) is 17.0 Å². The molecule has 2 N–H and O–H groups in total. The van der Waals surface area contributed by atoms with Crippen LogP contribution in [0.4, 0.5) is 5.69 Å². The molecule has 0 aliphatic carbocycles. The number of carbonyl (C=O) groups excluding carboxylic acids is 1. The van der Waals surface area contributed by atoms with Gasteiger partial charge in [-0.15, -0.1) is 11.3 Å². The summed E-state index contributed by atoms with van der Waals surface area (Å²) in [6, 6.07) is 14.7. The van der Waals surface area contributed by atoms with Gasteiger partial charge in [0.15, 0.2) is 0 Å². The van der Waals surface area contributed by atoms with Gasteiger partial charge >= 0.3 is 0 Å². The Morgan fingerprint density at radius 2 is 1.96 bits per heavy atom. The molecule has 1 amide bonds. The van der Waals surface area contributed by atoms with Gasteiger partial charge in [-0.1, -0.05) is 37.3 Å². The molecule has 0 aliphatic rings. The minimum atomic E-state index is -0.216. The van der Waals surface area contributed by atoms with Crippen LogP contribution in [0.1, 0.15) is 27.9 Å². The van der Waals surface area contributed by atoms with Gasteiger partial charge in [0.05, 0.1) is 5.69 Å². The molecule has 2 aromatic carbocycles. The lowest BCUT2D eigenvalue weighted by atomic mass is 10.1. The molecule has 0 radical (unpaired) electrons. The van der Waals surface area contributed by atoms with Crippen LogP contribution in [0.3, 0.4) is 0 Å². The van der Waals surface area contributed by atoms with E-state index in [9.17, 15) is 9.90 Å². The van der Waals surface area contributed by atoms with Crippen molar-refractivity contribution in [2.45, 2.75) is 20.3 Å². The molecule has 0 saturated heterocycles. The van der Waals surface area contributed by atoms with Gasteiger partial charge in [-0.25, -0.2) is 4.98 Å². The second-order valence-corrected chi connectivity index (χ2v) is 6.49. The van der Waals surface area contributed by atoms with Gasteiger partial charge in [0, 0.05) is 17.3 Å². The van der Waals surface area contributed by atoms with Crippen molar-refractivity contribution in [3.63, 3.8) is 0 Å². The monoisotopic (exact) mass is 338 g/mol. The lowest BCUT2D eigenvalue weighted by Crippen LogP contribution is -2.11. The Morgan fingerprint density at radius 1 is 1.21 bits per heavy atom. The minimum Gasteiger partial charge on any atom is -0.508 e. The molecule has 3 aromatic rings. The van der Waals surface area contributed by atoms with Crippen LogP contribution < -0.4 is 5.32 Å². The van der Waals surface area contributed by atoms with Gasteiger partial charge in [-0.05, 0) is 31.0 Å². The fourth-order valence-electron chi connectivity index (χ4n) is 2.39. The fraction of sp³-hybridized carbons (Fsp3) is 0.158. The number of phenolic OH excluding ortho intramolecular Hbond substituents is 1. The van der Waals surface area contributed by atoms with Crippen LogP contribution in [0.15, 0.2) is 48.5 Å². The molecule has 1 aromatic heterocycles. The Labute approximate surface area is 144 Å². The number of aromatic hydroxyl groups is 1. The molecule has 1 heterocycles. The lowest BCUT2D eigenvalue weighted by molar-refractivity contribution is 0.103. The van der Waals surface area contributed by atoms with Crippen LogP contribution in [0, 0.1) is 6.92 Å². The van der Waals surface area contributed by atoms with E-state index in [4.69, 9.17) is 0 Å². The van der Waals surface area contributed by atoms with Crippen molar-refractivity contribution in [3.05, 3.63) is 64.7 Å². The first kappa shape index (κ1) is 16.2. The van der Waals surface area contributed by atoms with E-state index >= 15 is 0 Å². The number of rotatable bonds is 4. The number of phenols is 1. The van der Waals surface area contributed by atoms with Crippen molar-refractivity contribution in [1.82, 2.24) is 4.98 Å². The number of aromatic nitrogens is 1. The Bertz CT molecular complexity index is 869. The van der Waals surface area contributed by atoms with Crippen LogP contribution in [-0.2, 0) is 6.42 Å². The van der Waals surface area contributed by atoms with Gasteiger partial charge in [0.25, 0.3) is 5.91 Å². The van der Waals surface area contributed by atoms with E-state index in [-0.39, 0.29) is 11.7 Å². The highest BCUT2D eigenvalue weighted by Gasteiger charge is 2.16. The zero-order valence-electron chi connectivity index (χ0n) is 13.5. The predicted molar refractivity (Wildman–Crippen MR) is 97.7 cm³/mol. The van der Waals surface area contributed by atoms with Gasteiger partial charge in [0.2, 0.25) is 0 Å². The van der Waals surface area contributed by atoms with Crippen molar-refractivity contribution in [1.29, 1.82) is 0 Å². The van der Waals surface area contributed by atoms with Gasteiger partial charge < -0.3 is 10.4 Å². The molecule has 0 aliphatic heterocycles. The third-order valence-corrected chi connectivity index (χ3v) is 4.92. The van der Waals surface area contributed by atoms with Crippen LogP contribution in [0.2, 0.25) is 0 Å². The zero-order chi connectivity index (χ0) is 17.1. The molecule has 0 spiro atoms. The Balaban J connectivity index is 1.83. The van der Waals surface area contributed by atoms with Crippen LogP contribution in [0.25, 0.3) is 10.6 Å². The fourth-order valence-corrected chi connectivity index (χ4v) is 3.35. The molecule has 122 valence electrons. The van der Waals surface area contributed by atoms with Gasteiger partial charge in [-0.3, -0.25) is 4.79 Å². The topological polar surface area (TPSA) is 62.2 Å². The van der Waals surface area contributed by atoms with Crippen LogP contribution >= 0.6 is 11.3 Å². The quantitative estimate of drug-likeness (QED) is 0.728. The third kappa shape index (κ3) is 3.46. The molecule has 24 heavy (non-hydrogen) atoms. The summed E-state index contributed by atoms with van der Waals surface area (Å²) in [5.74, 6) is -0.0995. The van der Waals surface area contributed by atoms with Crippen LogP contribution in [0.5, 0.6) is 5.75 Å². The Kier molecular flexibility index (Phi) is 4.62. The third-order valence-electron chi connectivity index (χ3n) is 3.72. The van der Waals surface area contributed by atoms with Crippen molar-refractivity contribution < 1.29 is 9.90 Å². The SMILES string of the molecule is CCc1ccc(-c2nc(C)c(C(=O)Nc3cccc(O)c3)s2)cc1. The summed E-state index contributed by atoms with van der Waals surface area (Å²) in [6.07, 6.45) is 0.995. The average molecular weight is 338 g/mol. The molecule has 0 saturated carbocycles. The summed E-state index contributed by atoms with van der Waals surface area (Å²) in [4.78, 5) is 17.6. The number of nitrogens with zero attached hydrogens (tertiary/aromatic N) is 1. The number of hydrogen-bond donors (Lipinski definition) is 2. The molecule has 0 atom stereocenters. The maximum atomic E-state index is 12.5. The first-order valence-corrected chi connectivity index (χ1v) is 8.55. The summed E-state index contributed by atoms with van der Waals surface area (Å²) in [5, 5.41) is 13.1. The maximum Gasteiger partial charge on any atom is 0.267 e. The standard InChI is InChI=1S/C19H18N2O2S/c1-3-13-7-9-14(10-8-13)19-20-12(2)17(24-19)18(23)21-15-5-4-6-16(22)11-15/h4-11,22H,3H2,1-2H3,(H,21,23). The number of amides is 1. The number of benzene rings is 2. The largest absolute Gasteiger partial charge is 0.508 e. The van der Waals surface area contributed by atoms with E-state index in [1.807, 2.05) is 19.1 Å². The molecule has 0 fully saturated rings. The summed E-state index contributed by atoms with van der Waals surface area (Å²) < 4.78 is 0. The van der Waals surface area contributed by atoms with Crippen molar-refractivity contribution in [2.24, 2.45) is 0 Å². The van der Waals surface area contributed by atoms with E-state index in [1.165, 1.54) is 23.0 Å². The van der Waals surface area contributed by atoms with E-state index in [1.54, 1.807) is 18.2 Å². The van der Waals surface area contributed by atoms with Crippen molar-refractivity contribution in [3.8, 4) is 16.3 Å². The number of thiazole rings is 1. The normalized spacial score (nSPS) is 10.6. The highest BCUT2D eigenvalue weighted by molar-refractivity contribution is 7.17. The highest BCUT2D eigenvalue weighted by Crippen LogP contribution is 2.29. The number of anilines is 1. The van der Waals surface area contributed by atoms with E-state index < -0.39 is 0 Å². The van der Waals surface area contributed by atoms with E-state index in [2.05, 4.69) is 29.4 Å². The van der Waals surface area contributed by atoms with Crippen molar-refractivity contribution in [2.75, 3.05) is 5.32 Å². The number of carbonyl (C=O) groups is 1. The molecular formula is C19H18N2O2S. The van der Waals surface area contributed by atoms with E-state index in [0.29, 0.717) is 16.3 Å². The second kappa shape index (κ2) is 6.84. The lowest BCUT2D eigenvalue weighted by Gasteiger charge is -2.04. The molecular weight excluding hydrogens is 320 g/mol. The molecule has 3 rings (SSSR count). The number of hydrogen-bond acceptors (Lipinski definition) is 4. The maximum absolute atomic E-state index is 12.5. The average Bonchev–Trinajstić information content (AvgIpc) is 2.97. The summed E-state index contributed by atoms with van der Waals surface area (Å²) in [5.41, 5.74) is 3.54. The summed E-state index contributed by atoms with van der Waals surface area (Å²) in [7, 11) is 0. The predicted octanol–water partition coefficient (Wildman–Crippen LogP) is 4.64. The first-order chi connectivity index (χ1) is 11.6. The second-order valence-electron chi connectivity index (χ2n) is 5.49. The highest BCUT2D eigenvalue weighted by atomic mass is 32.1. The Hall–Kier alpha value is -2.66. The molecule has 5 heteroatoms. The smallest absolute Gasteiger partial charge is 0.267 e. The van der Waals surface area contributed by atoms with Crippen LogP contribution in [-0.4, -0.2) is 16.0 Å². The summed E-state index contributed by atoms with van der Waals surface area (Å²) >= 11 is 1.37. The zero-order valence-corrected chi connectivity index (χ0v) is 14.4. The van der Waals surface area contributed by atoms with Gasteiger partial charge in [-0.2, -0.15) is 0 Å². The minimum absolute atomic E-state index is 0.116. The van der Waals surface area contributed by atoms with Crippen molar-refractivity contribution >= 4 is 22.9 Å². The molecule has 0 bridgehead atoms. The molecule has 4 nitrogen and oxygen atoms in total. The van der Waals surface area contributed by atoms with Gasteiger partial charge in [0.1, 0.15) is 15.6 Å². The number of aryl methyl sites for hydroxylation is 2. The number of nitrogens with one attached hydrogen (secondary N) is 1. The Morgan fingerprint density at radius 3 is 2.62 bits per heavy atom. The summed E-state index contributed by atoms with van der Waals surface area (Å²) in [6.45, 7) is 3.95. The first-order valence-electron chi connectivity index (χ1n) is 7.74. The molecule has 0 unspecified atom stereocenters.